The van der Waals surface area contributed by atoms with Crippen LogP contribution in [-0.4, -0.2) is 12.6 Å². The molecule has 0 aromatic rings. The summed E-state index contributed by atoms with van der Waals surface area (Å²) in [5.74, 6) is 3.53. The maximum Gasteiger partial charge on any atom is 0.0684 e. The smallest absolute Gasteiger partial charge is 0.0684 e. The van der Waals surface area contributed by atoms with E-state index in [9.17, 15) is 0 Å². The molecule has 0 saturated heterocycles. The fourth-order valence-corrected chi connectivity index (χ4v) is 1.21. The zero-order chi connectivity index (χ0) is 9.40. The van der Waals surface area contributed by atoms with E-state index >= 15 is 0 Å². The Bertz CT molecular complexity index is 130. The first kappa shape index (κ1) is 11.5. The van der Waals surface area contributed by atoms with Gasteiger partial charge in [-0.1, -0.05) is 39.5 Å². The lowest BCUT2D eigenvalue weighted by Crippen LogP contribution is -2.31. The van der Waals surface area contributed by atoms with Crippen molar-refractivity contribution in [3.05, 3.63) is 0 Å². The van der Waals surface area contributed by atoms with Crippen LogP contribution < -0.4 is 5.32 Å². The predicted octanol–water partition coefficient (Wildman–Crippen LogP) is 2.42. The van der Waals surface area contributed by atoms with Crippen molar-refractivity contribution in [1.82, 2.24) is 5.32 Å². The van der Waals surface area contributed by atoms with Gasteiger partial charge in [-0.05, 0) is 18.9 Å². The third-order valence-electron chi connectivity index (χ3n) is 2.42. The highest BCUT2D eigenvalue weighted by Gasteiger charge is 2.05. The van der Waals surface area contributed by atoms with Crippen molar-refractivity contribution in [1.29, 1.82) is 0 Å². The summed E-state index contributed by atoms with van der Waals surface area (Å²) < 4.78 is 0. The normalized spacial score (nSPS) is 12.9. The Balaban J connectivity index is 3.58. The van der Waals surface area contributed by atoms with Gasteiger partial charge in [-0.2, -0.15) is 0 Å². The molecular formula is C11H21N. The van der Waals surface area contributed by atoms with Crippen LogP contribution in [0.1, 0.15) is 40.0 Å². The maximum absolute atomic E-state index is 5.34. The highest BCUT2D eigenvalue weighted by atomic mass is 14.9. The van der Waals surface area contributed by atoms with Crippen LogP contribution in [0.15, 0.2) is 0 Å². The minimum absolute atomic E-state index is 0.269. The Hall–Kier alpha value is -0.480. The summed E-state index contributed by atoms with van der Waals surface area (Å²) in [6.45, 7) is 7.64. The van der Waals surface area contributed by atoms with Crippen molar-refractivity contribution in [2.75, 3.05) is 6.54 Å². The van der Waals surface area contributed by atoms with Crippen LogP contribution in [0.25, 0.3) is 0 Å². The molecule has 1 nitrogen and oxygen atoms in total. The van der Waals surface area contributed by atoms with Crippen LogP contribution in [0.4, 0.5) is 0 Å². The molecule has 0 heterocycles. The van der Waals surface area contributed by atoms with Crippen LogP contribution >= 0.6 is 0 Å². The van der Waals surface area contributed by atoms with Crippen molar-refractivity contribution in [2.45, 2.75) is 46.1 Å². The average molecular weight is 167 g/mol. The molecule has 0 aromatic heterocycles. The van der Waals surface area contributed by atoms with Crippen molar-refractivity contribution in [3.63, 3.8) is 0 Å². The Kier molecular flexibility index (Phi) is 6.90. The van der Waals surface area contributed by atoms with E-state index in [1.54, 1.807) is 0 Å². The number of terminal acetylenes is 1. The van der Waals surface area contributed by atoms with Gasteiger partial charge in [0.05, 0.1) is 6.04 Å². The van der Waals surface area contributed by atoms with Gasteiger partial charge in [-0.3, -0.25) is 0 Å². The SMILES string of the molecule is C#CC(CC)NCC(CC)CC. The zero-order valence-electron chi connectivity index (χ0n) is 8.56. The molecule has 0 aliphatic carbocycles. The monoisotopic (exact) mass is 167 g/mol. The third-order valence-corrected chi connectivity index (χ3v) is 2.42. The van der Waals surface area contributed by atoms with Gasteiger partial charge in [0.25, 0.3) is 0 Å². The van der Waals surface area contributed by atoms with E-state index in [0.29, 0.717) is 0 Å². The summed E-state index contributed by atoms with van der Waals surface area (Å²) in [5.41, 5.74) is 0. The zero-order valence-corrected chi connectivity index (χ0v) is 8.56. The van der Waals surface area contributed by atoms with Crippen LogP contribution in [-0.2, 0) is 0 Å². The van der Waals surface area contributed by atoms with E-state index in [4.69, 9.17) is 6.42 Å². The van der Waals surface area contributed by atoms with E-state index < -0.39 is 0 Å². The number of nitrogens with one attached hydrogen (secondary N) is 1. The topological polar surface area (TPSA) is 12.0 Å². The molecule has 0 fully saturated rings. The van der Waals surface area contributed by atoms with Gasteiger partial charge in [0.2, 0.25) is 0 Å². The van der Waals surface area contributed by atoms with Gasteiger partial charge in [0, 0.05) is 0 Å². The molecular weight excluding hydrogens is 146 g/mol. The van der Waals surface area contributed by atoms with E-state index in [-0.39, 0.29) is 6.04 Å². The van der Waals surface area contributed by atoms with E-state index in [1.165, 1.54) is 12.8 Å². The first-order valence-corrected chi connectivity index (χ1v) is 4.97. The number of hydrogen-bond donors (Lipinski definition) is 1. The summed E-state index contributed by atoms with van der Waals surface area (Å²) in [6, 6.07) is 0.269. The van der Waals surface area contributed by atoms with Crippen molar-refractivity contribution in [3.8, 4) is 12.3 Å². The molecule has 1 N–H and O–H groups in total. The fourth-order valence-electron chi connectivity index (χ4n) is 1.21. The number of rotatable bonds is 6. The largest absolute Gasteiger partial charge is 0.303 e. The molecule has 0 aromatic carbocycles. The summed E-state index contributed by atoms with van der Waals surface area (Å²) in [6.07, 6.45) is 8.85. The van der Waals surface area contributed by atoms with E-state index in [2.05, 4.69) is 32.0 Å². The standard InChI is InChI=1S/C11H21N/c1-5-10(6-2)9-12-11(7-3)8-4/h3,10-12H,5-6,8-9H2,1-2,4H3. The van der Waals surface area contributed by atoms with Gasteiger partial charge < -0.3 is 5.32 Å². The molecule has 12 heavy (non-hydrogen) atoms. The first-order chi connectivity index (χ1) is 5.78. The Morgan fingerprint density at radius 3 is 2.08 bits per heavy atom. The molecule has 1 unspecified atom stereocenters. The highest BCUT2D eigenvalue weighted by Crippen LogP contribution is 2.05. The summed E-state index contributed by atoms with van der Waals surface area (Å²) >= 11 is 0. The van der Waals surface area contributed by atoms with E-state index in [0.717, 1.165) is 18.9 Å². The molecule has 70 valence electrons. The third kappa shape index (κ3) is 4.41. The van der Waals surface area contributed by atoms with Crippen LogP contribution in [0.5, 0.6) is 0 Å². The highest BCUT2D eigenvalue weighted by molar-refractivity contribution is 4.97. The fraction of sp³-hybridized carbons (Fsp3) is 0.818. The van der Waals surface area contributed by atoms with Crippen molar-refractivity contribution >= 4 is 0 Å². The Morgan fingerprint density at radius 1 is 1.17 bits per heavy atom. The van der Waals surface area contributed by atoms with Crippen LogP contribution in [0.2, 0.25) is 0 Å². The van der Waals surface area contributed by atoms with Gasteiger partial charge in [-0.15, -0.1) is 6.42 Å². The maximum atomic E-state index is 5.34. The minimum atomic E-state index is 0.269. The second kappa shape index (κ2) is 7.18. The minimum Gasteiger partial charge on any atom is -0.303 e. The van der Waals surface area contributed by atoms with Crippen molar-refractivity contribution in [2.24, 2.45) is 5.92 Å². The molecule has 0 aliphatic heterocycles. The molecule has 0 radical (unpaired) electrons. The Labute approximate surface area is 76.9 Å². The average Bonchev–Trinajstić information content (AvgIpc) is 2.13. The quantitative estimate of drug-likeness (QED) is 0.599. The van der Waals surface area contributed by atoms with Crippen LogP contribution in [0.3, 0.4) is 0 Å². The summed E-state index contributed by atoms with van der Waals surface area (Å²) in [5, 5.41) is 3.38. The molecule has 0 aliphatic rings. The predicted molar refractivity (Wildman–Crippen MR) is 55.0 cm³/mol. The lowest BCUT2D eigenvalue weighted by molar-refractivity contribution is 0.431. The molecule has 1 atom stereocenters. The van der Waals surface area contributed by atoms with Gasteiger partial charge >= 0.3 is 0 Å². The molecule has 0 saturated carbocycles. The molecule has 0 spiro atoms. The summed E-state index contributed by atoms with van der Waals surface area (Å²) in [4.78, 5) is 0. The second-order valence-electron chi connectivity index (χ2n) is 3.22. The number of hydrogen-bond acceptors (Lipinski definition) is 1. The molecule has 1 heteroatoms. The summed E-state index contributed by atoms with van der Waals surface area (Å²) in [7, 11) is 0. The molecule has 0 amide bonds. The lowest BCUT2D eigenvalue weighted by Gasteiger charge is -2.16. The van der Waals surface area contributed by atoms with Gasteiger partial charge in [0.15, 0.2) is 0 Å². The van der Waals surface area contributed by atoms with Gasteiger partial charge in [-0.25, -0.2) is 0 Å². The van der Waals surface area contributed by atoms with Gasteiger partial charge in [0.1, 0.15) is 0 Å². The first-order valence-electron chi connectivity index (χ1n) is 4.97. The second-order valence-corrected chi connectivity index (χ2v) is 3.22. The molecule has 0 bridgehead atoms. The van der Waals surface area contributed by atoms with E-state index in [1.807, 2.05) is 0 Å². The Morgan fingerprint density at radius 2 is 1.75 bits per heavy atom. The molecule has 0 rings (SSSR count). The lowest BCUT2D eigenvalue weighted by atomic mass is 10.0. The van der Waals surface area contributed by atoms with Crippen molar-refractivity contribution < 1.29 is 0 Å². The van der Waals surface area contributed by atoms with Crippen LogP contribution in [0, 0.1) is 18.3 Å².